The Morgan fingerprint density at radius 1 is 1.69 bits per heavy atom. The van der Waals surface area contributed by atoms with E-state index in [9.17, 15) is 9.59 Å². The van der Waals surface area contributed by atoms with Crippen LogP contribution in [0.25, 0.3) is 0 Å². The first kappa shape index (κ1) is 9.87. The third-order valence-corrected chi connectivity index (χ3v) is 4.37. The summed E-state index contributed by atoms with van der Waals surface area (Å²) in [5.74, 6) is -0.0488. The summed E-state index contributed by atoms with van der Waals surface area (Å²) in [6, 6.07) is 0. The van der Waals surface area contributed by atoms with Crippen molar-refractivity contribution in [1.82, 2.24) is 0 Å². The minimum Gasteiger partial charge on any atom is -0.458 e. The topological polar surface area (TPSA) is 52.6 Å². The predicted molar refractivity (Wildman–Crippen MR) is 54.3 cm³/mol. The Hall–Kier alpha value is -1.32. The molecule has 3 aliphatic rings. The zero-order valence-electron chi connectivity index (χ0n) is 9.14. The molecule has 5 unspecified atom stereocenters. The van der Waals surface area contributed by atoms with Gasteiger partial charge in [0.1, 0.15) is 12.2 Å². The molecule has 3 fully saturated rings. The molecule has 3 rings (SSSR count). The average molecular weight is 222 g/mol. The molecule has 0 aromatic rings. The monoisotopic (exact) mass is 222 g/mol. The number of hydrogen-bond acceptors (Lipinski definition) is 4. The van der Waals surface area contributed by atoms with E-state index in [2.05, 4.69) is 6.58 Å². The molecule has 1 heterocycles. The van der Waals surface area contributed by atoms with Crippen molar-refractivity contribution in [2.45, 2.75) is 32.0 Å². The van der Waals surface area contributed by atoms with Gasteiger partial charge in [0.05, 0.1) is 5.41 Å². The van der Waals surface area contributed by atoms with E-state index >= 15 is 0 Å². The van der Waals surface area contributed by atoms with Gasteiger partial charge in [-0.05, 0) is 19.8 Å². The lowest BCUT2D eigenvalue weighted by Crippen LogP contribution is -2.38. The van der Waals surface area contributed by atoms with Gasteiger partial charge in [0, 0.05) is 17.9 Å². The molecule has 4 nitrogen and oxygen atoms in total. The van der Waals surface area contributed by atoms with Gasteiger partial charge in [-0.25, -0.2) is 4.79 Å². The third kappa shape index (κ3) is 0.996. The van der Waals surface area contributed by atoms with Gasteiger partial charge in [0.25, 0.3) is 0 Å². The molecule has 0 aromatic heterocycles. The highest BCUT2D eigenvalue weighted by Crippen LogP contribution is 2.62. The standard InChI is InChI=1S/C12H14O4/c1-3-8(13)15-9-6-4-7-10(9)16-11(14)12(7,2)5-6/h3,6-7,9-10H,1,4-5H2,2H3. The molecule has 4 heteroatoms. The summed E-state index contributed by atoms with van der Waals surface area (Å²) in [7, 11) is 0. The maximum absolute atomic E-state index is 11.7. The van der Waals surface area contributed by atoms with Gasteiger partial charge in [0.2, 0.25) is 0 Å². The Kier molecular flexibility index (Phi) is 1.77. The molecule has 2 aliphatic carbocycles. The highest BCUT2D eigenvalue weighted by atomic mass is 16.6. The molecule has 0 spiro atoms. The maximum Gasteiger partial charge on any atom is 0.330 e. The molecule has 0 N–H and O–H groups in total. The SMILES string of the molecule is C=CC(=O)OC1C2CC3C1OC(=O)C3(C)C2. The summed E-state index contributed by atoms with van der Waals surface area (Å²) < 4.78 is 10.6. The van der Waals surface area contributed by atoms with Crippen LogP contribution in [-0.2, 0) is 19.1 Å². The second-order valence-corrected chi connectivity index (χ2v) is 5.20. The lowest BCUT2D eigenvalue weighted by Gasteiger charge is -2.28. The van der Waals surface area contributed by atoms with E-state index in [1.54, 1.807) is 0 Å². The molecule has 0 aromatic carbocycles. The highest BCUT2D eigenvalue weighted by molar-refractivity contribution is 5.83. The fourth-order valence-corrected chi connectivity index (χ4v) is 3.60. The summed E-state index contributed by atoms with van der Waals surface area (Å²) in [5, 5.41) is 0. The minimum atomic E-state index is -0.429. The van der Waals surface area contributed by atoms with Crippen LogP contribution in [-0.4, -0.2) is 24.1 Å². The van der Waals surface area contributed by atoms with Crippen molar-refractivity contribution < 1.29 is 19.1 Å². The molecule has 16 heavy (non-hydrogen) atoms. The van der Waals surface area contributed by atoms with Crippen LogP contribution in [0.15, 0.2) is 12.7 Å². The van der Waals surface area contributed by atoms with Gasteiger partial charge in [-0.3, -0.25) is 4.79 Å². The van der Waals surface area contributed by atoms with E-state index in [1.165, 1.54) is 0 Å². The highest BCUT2D eigenvalue weighted by Gasteiger charge is 2.69. The quantitative estimate of drug-likeness (QED) is 0.517. The fraction of sp³-hybridized carbons (Fsp3) is 0.667. The second kappa shape index (κ2) is 2.87. The Morgan fingerprint density at radius 3 is 3.12 bits per heavy atom. The summed E-state index contributed by atoms with van der Waals surface area (Å²) in [6.45, 7) is 5.34. The van der Waals surface area contributed by atoms with Crippen LogP contribution >= 0.6 is 0 Å². The molecule has 2 saturated carbocycles. The van der Waals surface area contributed by atoms with Crippen molar-refractivity contribution in [3.63, 3.8) is 0 Å². The first-order valence-corrected chi connectivity index (χ1v) is 5.60. The van der Waals surface area contributed by atoms with Crippen LogP contribution in [0.1, 0.15) is 19.8 Å². The van der Waals surface area contributed by atoms with Gasteiger partial charge < -0.3 is 9.47 Å². The predicted octanol–water partition coefficient (Wildman–Crippen LogP) is 1.06. The second-order valence-electron chi connectivity index (χ2n) is 5.20. The first-order chi connectivity index (χ1) is 7.56. The fourth-order valence-electron chi connectivity index (χ4n) is 3.60. The van der Waals surface area contributed by atoms with Crippen LogP contribution in [0.2, 0.25) is 0 Å². The number of carbonyl (C=O) groups is 2. The smallest absolute Gasteiger partial charge is 0.330 e. The van der Waals surface area contributed by atoms with E-state index in [-0.39, 0.29) is 35.4 Å². The van der Waals surface area contributed by atoms with Gasteiger partial charge in [-0.1, -0.05) is 6.58 Å². The van der Waals surface area contributed by atoms with Crippen molar-refractivity contribution in [2.24, 2.45) is 17.3 Å². The zero-order chi connectivity index (χ0) is 11.5. The molecule has 86 valence electrons. The molecule has 1 aliphatic heterocycles. The van der Waals surface area contributed by atoms with Crippen molar-refractivity contribution >= 4 is 11.9 Å². The summed E-state index contributed by atoms with van der Waals surface area (Å²) >= 11 is 0. The van der Waals surface area contributed by atoms with Crippen LogP contribution in [0, 0.1) is 17.3 Å². The van der Waals surface area contributed by atoms with E-state index in [4.69, 9.17) is 9.47 Å². The molecular weight excluding hydrogens is 208 g/mol. The molecule has 0 amide bonds. The van der Waals surface area contributed by atoms with Crippen LogP contribution in [0.4, 0.5) is 0 Å². The minimum absolute atomic E-state index is 0.123. The van der Waals surface area contributed by atoms with E-state index < -0.39 is 5.97 Å². The molecule has 5 atom stereocenters. The Morgan fingerprint density at radius 2 is 2.44 bits per heavy atom. The largest absolute Gasteiger partial charge is 0.458 e. The maximum atomic E-state index is 11.7. The van der Waals surface area contributed by atoms with Gasteiger partial charge in [-0.2, -0.15) is 0 Å². The van der Waals surface area contributed by atoms with Gasteiger partial charge in [-0.15, -0.1) is 0 Å². The number of carbonyl (C=O) groups excluding carboxylic acids is 2. The lowest BCUT2D eigenvalue weighted by atomic mass is 9.75. The lowest BCUT2D eigenvalue weighted by molar-refractivity contribution is -0.157. The summed E-state index contributed by atoms with van der Waals surface area (Å²) in [6.07, 6.45) is 2.39. The van der Waals surface area contributed by atoms with Crippen molar-refractivity contribution in [2.75, 3.05) is 0 Å². The van der Waals surface area contributed by atoms with Crippen LogP contribution < -0.4 is 0 Å². The molecule has 0 radical (unpaired) electrons. The average Bonchev–Trinajstić information content (AvgIpc) is 2.79. The molecule has 1 saturated heterocycles. The van der Waals surface area contributed by atoms with Gasteiger partial charge in [0.15, 0.2) is 0 Å². The normalized spacial score (nSPS) is 47.9. The molecule has 2 bridgehead atoms. The van der Waals surface area contributed by atoms with E-state index in [1.807, 2.05) is 6.92 Å². The number of ether oxygens (including phenoxy) is 2. The first-order valence-electron chi connectivity index (χ1n) is 5.60. The van der Waals surface area contributed by atoms with Crippen molar-refractivity contribution in [3.05, 3.63) is 12.7 Å². The molecular formula is C12H14O4. The number of fused-ring (bicyclic) bond motifs is 1. The van der Waals surface area contributed by atoms with E-state index in [0.717, 1.165) is 18.9 Å². The Balaban J connectivity index is 1.85. The zero-order valence-corrected chi connectivity index (χ0v) is 9.14. The van der Waals surface area contributed by atoms with Crippen molar-refractivity contribution in [1.29, 1.82) is 0 Å². The Bertz CT molecular complexity index is 388. The van der Waals surface area contributed by atoms with Crippen molar-refractivity contribution in [3.8, 4) is 0 Å². The Labute approximate surface area is 93.6 Å². The van der Waals surface area contributed by atoms with Crippen LogP contribution in [0.3, 0.4) is 0 Å². The summed E-state index contributed by atoms with van der Waals surface area (Å²) in [4.78, 5) is 22.9. The number of esters is 2. The van der Waals surface area contributed by atoms with E-state index in [0.29, 0.717) is 0 Å². The number of hydrogen-bond donors (Lipinski definition) is 0. The van der Waals surface area contributed by atoms with Crippen LogP contribution in [0.5, 0.6) is 0 Å². The summed E-state index contributed by atoms with van der Waals surface area (Å²) in [5.41, 5.74) is -0.327. The number of rotatable bonds is 2. The van der Waals surface area contributed by atoms with Gasteiger partial charge >= 0.3 is 11.9 Å². The third-order valence-electron chi connectivity index (χ3n) is 4.37.